The predicted molar refractivity (Wildman–Crippen MR) is 170 cm³/mol. The summed E-state index contributed by atoms with van der Waals surface area (Å²) in [5, 5.41) is 0.363. The lowest BCUT2D eigenvalue weighted by Gasteiger charge is -2.41. The first-order valence-electron chi connectivity index (χ1n) is 15.9. The Labute approximate surface area is 235 Å². The highest BCUT2D eigenvalue weighted by Crippen LogP contribution is 2.40. The molecule has 222 valence electrons. The van der Waals surface area contributed by atoms with Crippen molar-refractivity contribution >= 4 is 22.9 Å². The van der Waals surface area contributed by atoms with E-state index in [1.165, 1.54) is 77.0 Å². The maximum atomic E-state index is 11.5. The van der Waals surface area contributed by atoms with Gasteiger partial charge in [0, 0.05) is 12.5 Å². The molecule has 0 heterocycles. The SMILES string of the molecule is CCCCCCCCCCCCCC[C@@H](CC[C@@H](CC=O)O[Si](C)(C)C(C)(C)C)O[Si](C)(C)C(C)(C)C. The van der Waals surface area contributed by atoms with Crippen LogP contribution in [0, 0.1) is 0 Å². The Morgan fingerprint density at radius 2 is 0.919 bits per heavy atom. The summed E-state index contributed by atoms with van der Waals surface area (Å²) in [5.41, 5.74) is 0. The van der Waals surface area contributed by atoms with Gasteiger partial charge in [0.15, 0.2) is 16.6 Å². The van der Waals surface area contributed by atoms with Crippen molar-refractivity contribution < 1.29 is 13.6 Å². The zero-order valence-electron chi connectivity index (χ0n) is 27.3. The lowest BCUT2D eigenvalue weighted by atomic mass is 10.0. The third-order valence-corrected chi connectivity index (χ3v) is 18.2. The van der Waals surface area contributed by atoms with E-state index in [1.807, 2.05) is 0 Å². The average Bonchev–Trinajstić information content (AvgIpc) is 2.76. The number of carbonyl (C=O) groups excluding carboxylic acids is 1. The predicted octanol–water partition coefficient (Wildman–Crippen LogP) is 11.2. The minimum atomic E-state index is -1.90. The van der Waals surface area contributed by atoms with E-state index in [-0.39, 0.29) is 22.3 Å². The molecule has 37 heavy (non-hydrogen) atoms. The van der Waals surface area contributed by atoms with Gasteiger partial charge in [-0.25, -0.2) is 0 Å². The van der Waals surface area contributed by atoms with Gasteiger partial charge in [-0.3, -0.25) is 0 Å². The Kier molecular flexibility index (Phi) is 18.4. The molecule has 0 aromatic rings. The van der Waals surface area contributed by atoms with Gasteiger partial charge >= 0.3 is 0 Å². The first-order chi connectivity index (χ1) is 17.1. The summed E-state index contributed by atoms with van der Waals surface area (Å²) in [6.45, 7) is 25.4. The maximum absolute atomic E-state index is 11.5. The fourth-order valence-electron chi connectivity index (χ4n) is 4.37. The van der Waals surface area contributed by atoms with Gasteiger partial charge in [-0.2, -0.15) is 0 Å². The molecule has 0 bridgehead atoms. The van der Waals surface area contributed by atoms with E-state index >= 15 is 0 Å². The normalized spacial score (nSPS) is 15.1. The van der Waals surface area contributed by atoms with Gasteiger partial charge in [0.1, 0.15) is 6.29 Å². The molecule has 0 unspecified atom stereocenters. The summed E-state index contributed by atoms with van der Waals surface area (Å²) in [5.74, 6) is 0. The first-order valence-corrected chi connectivity index (χ1v) is 21.7. The molecule has 5 heteroatoms. The molecule has 0 aliphatic carbocycles. The van der Waals surface area contributed by atoms with Crippen molar-refractivity contribution in [2.24, 2.45) is 0 Å². The molecule has 0 N–H and O–H groups in total. The van der Waals surface area contributed by atoms with E-state index in [0.717, 1.165) is 25.5 Å². The minimum Gasteiger partial charge on any atom is -0.414 e. The van der Waals surface area contributed by atoms with E-state index in [1.54, 1.807) is 0 Å². The molecule has 0 saturated heterocycles. The van der Waals surface area contributed by atoms with Crippen molar-refractivity contribution in [2.45, 2.75) is 200 Å². The second-order valence-corrected chi connectivity index (χ2v) is 24.2. The Morgan fingerprint density at radius 1 is 0.568 bits per heavy atom. The van der Waals surface area contributed by atoms with Crippen LogP contribution in [0.1, 0.15) is 151 Å². The first kappa shape index (κ1) is 37.0. The van der Waals surface area contributed by atoms with Gasteiger partial charge in [0.2, 0.25) is 0 Å². The molecule has 0 aromatic carbocycles. The van der Waals surface area contributed by atoms with Gasteiger partial charge in [-0.1, -0.05) is 126 Å². The summed E-state index contributed by atoms with van der Waals surface area (Å²) in [7, 11) is -3.74. The molecule has 0 aliphatic heterocycles. The average molecular weight is 557 g/mol. The maximum Gasteiger partial charge on any atom is 0.192 e. The number of rotatable bonds is 22. The largest absolute Gasteiger partial charge is 0.414 e. The molecule has 0 aromatic heterocycles. The summed E-state index contributed by atoms with van der Waals surface area (Å²) in [6.07, 6.45) is 21.4. The molecule has 0 spiro atoms. The van der Waals surface area contributed by atoms with Crippen LogP contribution in [0.4, 0.5) is 0 Å². The zero-order chi connectivity index (χ0) is 28.6. The molecule has 0 aliphatic rings. The number of unbranched alkanes of at least 4 members (excludes halogenated alkanes) is 11. The molecular formula is C32H68O3Si2. The second kappa shape index (κ2) is 18.4. The smallest absolute Gasteiger partial charge is 0.192 e. The summed E-state index contributed by atoms with van der Waals surface area (Å²) in [4.78, 5) is 11.5. The van der Waals surface area contributed by atoms with Crippen LogP contribution in [0.15, 0.2) is 0 Å². The van der Waals surface area contributed by atoms with Crippen molar-refractivity contribution in [2.75, 3.05) is 0 Å². The van der Waals surface area contributed by atoms with Crippen molar-refractivity contribution in [3.8, 4) is 0 Å². The Bertz CT molecular complexity index is 576. The molecule has 0 fully saturated rings. The highest BCUT2D eigenvalue weighted by molar-refractivity contribution is 6.74. The van der Waals surface area contributed by atoms with Crippen LogP contribution in [0.5, 0.6) is 0 Å². The summed E-state index contributed by atoms with van der Waals surface area (Å²) >= 11 is 0. The monoisotopic (exact) mass is 556 g/mol. The van der Waals surface area contributed by atoms with Crippen molar-refractivity contribution in [1.82, 2.24) is 0 Å². The third-order valence-electron chi connectivity index (χ3n) is 9.08. The number of carbonyl (C=O) groups is 1. The van der Waals surface area contributed by atoms with Gasteiger partial charge in [-0.05, 0) is 55.5 Å². The molecular weight excluding hydrogens is 489 g/mol. The van der Waals surface area contributed by atoms with E-state index in [2.05, 4.69) is 74.7 Å². The van der Waals surface area contributed by atoms with E-state index in [4.69, 9.17) is 8.85 Å². The molecule has 0 radical (unpaired) electrons. The van der Waals surface area contributed by atoms with E-state index in [9.17, 15) is 4.79 Å². The van der Waals surface area contributed by atoms with Crippen LogP contribution in [-0.2, 0) is 13.6 Å². The van der Waals surface area contributed by atoms with Crippen molar-refractivity contribution in [3.05, 3.63) is 0 Å². The fourth-order valence-corrected chi connectivity index (χ4v) is 7.19. The van der Waals surface area contributed by atoms with Gasteiger partial charge in [0.25, 0.3) is 0 Å². The van der Waals surface area contributed by atoms with Crippen LogP contribution < -0.4 is 0 Å². The Balaban J connectivity index is 4.73. The Hall–Kier alpha value is 0.0238. The summed E-state index contributed by atoms with van der Waals surface area (Å²) < 4.78 is 13.6. The minimum absolute atomic E-state index is 0.0193. The topological polar surface area (TPSA) is 35.5 Å². The second-order valence-electron chi connectivity index (χ2n) is 14.7. The van der Waals surface area contributed by atoms with Crippen molar-refractivity contribution in [3.63, 3.8) is 0 Å². The number of hydrogen-bond acceptors (Lipinski definition) is 3. The van der Waals surface area contributed by atoms with Crippen LogP contribution in [0.25, 0.3) is 0 Å². The van der Waals surface area contributed by atoms with Crippen LogP contribution in [0.2, 0.25) is 36.3 Å². The number of hydrogen-bond donors (Lipinski definition) is 0. The standard InChI is InChI=1S/C32H68O3Si2/c1-12-13-14-15-16-17-18-19-20-21-22-23-24-29(34-36(8,9)31(2,3)4)25-26-30(27-28-33)35-37(10,11)32(5,6)7/h28-30H,12-27H2,1-11H3/t29-,30-/m0/s1. The van der Waals surface area contributed by atoms with Crippen LogP contribution in [0.3, 0.4) is 0 Å². The molecule has 3 nitrogen and oxygen atoms in total. The van der Waals surface area contributed by atoms with Crippen LogP contribution >= 0.6 is 0 Å². The third kappa shape index (κ3) is 16.7. The van der Waals surface area contributed by atoms with Crippen molar-refractivity contribution in [1.29, 1.82) is 0 Å². The van der Waals surface area contributed by atoms with E-state index < -0.39 is 16.6 Å². The highest BCUT2D eigenvalue weighted by atomic mass is 28.4. The zero-order valence-corrected chi connectivity index (χ0v) is 29.3. The van der Waals surface area contributed by atoms with Gasteiger partial charge in [0.05, 0.1) is 6.10 Å². The Morgan fingerprint density at radius 3 is 1.30 bits per heavy atom. The quantitative estimate of drug-likeness (QED) is 0.0755. The molecule has 0 rings (SSSR count). The number of aldehydes is 1. The lowest BCUT2D eigenvalue weighted by molar-refractivity contribution is -0.109. The molecule has 0 amide bonds. The van der Waals surface area contributed by atoms with Gasteiger partial charge < -0.3 is 13.6 Å². The molecule has 0 saturated carbocycles. The van der Waals surface area contributed by atoms with E-state index in [0.29, 0.717) is 6.42 Å². The summed E-state index contributed by atoms with van der Waals surface area (Å²) in [6, 6.07) is 0. The highest BCUT2D eigenvalue weighted by Gasteiger charge is 2.40. The molecule has 2 atom stereocenters. The lowest BCUT2D eigenvalue weighted by Crippen LogP contribution is -2.45. The van der Waals surface area contributed by atoms with Gasteiger partial charge in [-0.15, -0.1) is 0 Å². The fraction of sp³-hybridized carbons (Fsp3) is 0.969. The van der Waals surface area contributed by atoms with Crippen LogP contribution in [-0.4, -0.2) is 35.1 Å².